The van der Waals surface area contributed by atoms with E-state index in [2.05, 4.69) is 0 Å². The summed E-state index contributed by atoms with van der Waals surface area (Å²) in [5, 5.41) is 0. The Hall–Kier alpha value is -1.87. The van der Waals surface area contributed by atoms with Gasteiger partial charge in [0, 0.05) is 7.11 Å². The number of carbonyl (C=O) groups excluding carboxylic acids is 1. The van der Waals surface area contributed by atoms with E-state index in [0.717, 1.165) is 6.42 Å². The van der Waals surface area contributed by atoms with Gasteiger partial charge in [0.25, 0.3) is 5.79 Å². The van der Waals surface area contributed by atoms with Crippen LogP contribution in [0.4, 0.5) is 0 Å². The van der Waals surface area contributed by atoms with Gasteiger partial charge in [-0.25, -0.2) is 0 Å². The predicted molar refractivity (Wildman–Crippen MR) is 63.0 cm³/mol. The Balaban J connectivity index is 2.20. The summed E-state index contributed by atoms with van der Waals surface area (Å²) in [5.74, 6) is -0.481. The smallest absolute Gasteiger partial charge is 0.260 e. The third kappa shape index (κ3) is 1.36. The number of allylic oxidation sites excluding steroid dienone is 2. The first kappa shape index (κ1) is 10.3. The third-order valence-electron chi connectivity index (χ3n) is 3.11. The van der Waals surface area contributed by atoms with Crippen LogP contribution in [-0.2, 0) is 4.74 Å². The van der Waals surface area contributed by atoms with Crippen molar-refractivity contribution in [1.82, 2.24) is 0 Å². The minimum Gasteiger partial charge on any atom is -0.453 e. The summed E-state index contributed by atoms with van der Waals surface area (Å²) in [6.07, 6.45) is 6.34. The van der Waals surface area contributed by atoms with Crippen molar-refractivity contribution in [1.29, 1.82) is 0 Å². The molecule has 1 heterocycles. The lowest BCUT2D eigenvalue weighted by Gasteiger charge is -2.37. The van der Waals surface area contributed by atoms with Crippen molar-refractivity contribution in [3.8, 4) is 5.75 Å². The molecule has 2 aliphatic rings. The predicted octanol–water partition coefficient (Wildman–Crippen LogP) is 2.49. The van der Waals surface area contributed by atoms with Crippen LogP contribution in [0.15, 0.2) is 48.1 Å². The lowest BCUT2D eigenvalue weighted by Crippen LogP contribution is -2.45. The molecule has 1 aliphatic heterocycles. The molecule has 1 aliphatic carbocycles. The fourth-order valence-corrected chi connectivity index (χ4v) is 2.25. The first-order chi connectivity index (χ1) is 8.27. The number of hydrogen-bond acceptors (Lipinski definition) is 3. The van der Waals surface area contributed by atoms with Crippen molar-refractivity contribution in [2.24, 2.45) is 0 Å². The summed E-state index contributed by atoms with van der Waals surface area (Å²) in [5.41, 5.74) is 1.17. The van der Waals surface area contributed by atoms with Gasteiger partial charge < -0.3 is 9.47 Å². The van der Waals surface area contributed by atoms with Crippen LogP contribution in [0, 0.1) is 0 Å². The fraction of sp³-hybridized carbons (Fsp3) is 0.214. The number of carbonyl (C=O) groups is 1. The Morgan fingerprint density at radius 1 is 1.35 bits per heavy atom. The monoisotopic (exact) mass is 228 g/mol. The zero-order valence-corrected chi connectivity index (χ0v) is 9.47. The molecule has 0 radical (unpaired) electrons. The Morgan fingerprint density at radius 2 is 2.18 bits per heavy atom. The summed E-state index contributed by atoms with van der Waals surface area (Å²) in [7, 11) is 1.55. The normalized spacial score (nSPS) is 25.7. The van der Waals surface area contributed by atoms with Crippen molar-refractivity contribution in [2.75, 3.05) is 7.11 Å². The van der Waals surface area contributed by atoms with Crippen molar-refractivity contribution in [3.05, 3.63) is 53.6 Å². The average molecular weight is 228 g/mol. The van der Waals surface area contributed by atoms with Gasteiger partial charge in [0.15, 0.2) is 5.78 Å². The van der Waals surface area contributed by atoms with Gasteiger partial charge in [-0.2, -0.15) is 0 Å². The molecule has 3 rings (SSSR count). The molecule has 0 bridgehead atoms. The highest BCUT2D eigenvalue weighted by atomic mass is 16.7. The molecule has 0 fully saturated rings. The third-order valence-corrected chi connectivity index (χ3v) is 3.11. The number of fused-ring (bicyclic) bond motifs is 2. The molecule has 0 amide bonds. The van der Waals surface area contributed by atoms with Crippen molar-refractivity contribution in [2.45, 2.75) is 12.2 Å². The minimum atomic E-state index is -1.04. The molecule has 0 N–H and O–H groups in total. The molecule has 0 saturated heterocycles. The van der Waals surface area contributed by atoms with Crippen LogP contribution >= 0.6 is 0 Å². The number of para-hydroxylation sites is 1. The van der Waals surface area contributed by atoms with Gasteiger partial charge in [0.1, 0.15) is 5.75 Å². The Kier molecular flexibility index (Phi) is 2.16. The summed E-state index contributed by atoms with van der Waals surface area (Å²) in [4.78, 5) is 12.4. The molecule has 0 aromatic heterocycles. The first-order valence-corrected chi connectivity index (χ1v) is 5.53. The standard InChI is InChI=1S/C14H12O3/c1-16-14-9-5-4-7-11(14)13(15)10-6-2-3-8-12(10)17-14/h2-3,5-9H,4H2,1H3/t14-/m0/s1. The van der Waals surface area contributed by atoms with Crippen LogP contribution in [-0.4, -0.2) is 18.7 Å². The highest BCUT2D eigenvalue weighted by molar-refractivity contribution is 6.13. The van der Waals surface area contributed by atoms with E-state index in [1.807, 2.05) is 24.3 Å². The molecule has 0 unspecified atom stereocenters. The van der Waals surface area contributed by atoms with Crippen LogP contribution in [0.3, 0.4) is 0 Å². The number of Topliss-reactive ketones (excluding diaryl/α,β-unsaturated/α-hetero) is 1. The number of methoxy groups -OCH3 is 1. The maximum absolute atomic E-state index is 12.4. The molecule has 86 valence electrons. The fourth-order valence-electron chi connectivity index (χ4n) is 2.25. The van der Waals surface area contributed by atoms with Crippen LogP contribution in [0.5, 0.6) is 5.75 Å². The zero-order valence-electron chi connectivity index (χ0n) is 9.47. The van der Waals surface area contributed by atoms with Crippen molar-refractivity contribution in [3.63, 3.8) is 0 Å². The topological polar surface area (TPSA) is 35.5 Å². The van der Waals surface area contributed by atoms with E-state index in [1.54, 1.807) is 25.3 Å². The number of rotatable bonds is 1. The molecule has 17 heavy (non-hydrogen) atoms. The second-order valence-corrected chi connectivity index (χ2v) is 4.05. The first-order valence-electron chi connectivity index (χ1n) is 5.53. The van der Waals surface area contributed by atoms with E-state index in [1.165, 1.54) is 0 Å². The maximum atomic E-state index is 12.4. The Morgan fingerprint density at radius 3 is 3.00 bits per heavy atom. The summed E-state index contributed by atoms with van der Waals surface area (Å²) in [6, 6.07) is 7.24. The van der Waals surface area contributed by atoms with Crippen molar-refractivity contribution < 1.29 is 14.3 Å². The molecule has 1 atom stereocenters. The number of ketones is 1. The molecule has 1 aromatic carbocycles. The Labute approximate surface area is 99.3 Å². The van der Waals surface area contributed by atoms with Gasteiger partial charge in [-0.3, -0.25) is 4.79 Å². The van der Waals surface area contributed by atoms with E-state index in [4.69, 9.17) is 9.47 Å². The van der Waals surface area contributed by atoms with Gasteiger partial charge in [0.05, 0.1) is 11.1 Å². The maximum Gasteiger partial charge on any atom is 0.260 e. The summed E-state index contributed by atoms with van der Waals surface area (Å²) in [6.45, 7) is 0. The zero-order chi connectivity index (χ0) is 11.9. The largest absolute Gasteiger partial charge is 0.453 e. The lowest BCUT2D eigenvalue weighted by atomic mass is 9.88. The van der Waals surface area contributed by atoms with E-state index >= 15 is 0 Å². The molecule has 0 spiro atoms. The van der Waals surface area contributed by atoms with Crippen LogP contribution in [0.25, 0.3) is 0 Å². The van der Waals surface area contributed by atoms with Gasteiger partial charge in [-0.1, -0.05) is 24.3 Å². The molecule has 0 saturated carbocycles. The van der Waals surface area contributed by atoms with Gasteiger partial charge in [0.2, 0.25) is 0 Å². The summed E-state index contributed by atoms with van der Waals surface area (Å²) >= 11 is 0. The van der Waals surface area contributed by atoms with Crippen molar-refractivity contribution >= 4 is 5.78 Å². The molecule has 3 heteroatoms. The van der Waals surface area contributed by atoms with Crippen LogP contribution < -0.4 is 4.74 Å². The average Bonchev–Trinajstić information content (AvgIpc) is 2.39. The van der Waals surface area contributed by atoms with Crippen LogP contribution in [0.2, 0.25) is 0 Å². The minimum absolute atomic E-state index is 0.0157. The van der Waals surface area contributed by atoms with Gasteiger partial charge >= 0.3 is 0 Å². The highest BCUT2D eigenvalue weighted by Crippen LogP contribution is 2.39. The molecular formula is C14H12O3. The Bertz CT molecular complexity index is 542. The second kappa shape index (κ2) is 3.57. The van der Waals surface area contributed by atoms with Crippen LogP contribution in [0.1, 0.15) is 16.8 Å². The molecule has 3 nitrogen and oxygen atoms in total. The van der Waals surface area contributed by atoms with E-state index in [0.29, 0.717) is 16.9 Å². The number of hydrogen-bond donors (Lipinski definition) is 0. The van der Waals surface area contributed by atoms with Gasteiger partial charge in [-0.15, -0.1) is 0 Å². The van der Waals surface area contributed by atoms with E-state index in [9.17, 15) is 4.79 Å². The highest BCUT2D eigenvalue weighted by Gasteiger charge is 2.44. The quantitative estimate of drug-likeness (QED) is 0.693. The van der Waals surface area contributed by atoms with Gasteiger partial charge in [-0.05, 0) is 24.6 Å². The molecular weight excluding hydrogens is 216 g/mol. The number of benzene rings is 1. The summed E-state index contributed by atoms with van der Waals surface area (Å²) < 4.78 is 11.3. The molecule has 1 aromatic rings. The lowest BCUT2D eigenvalue weighted by molar-refractivity contribution is -0.0968. The van der Waals surface area contributed by atoms with E-state index < -0.39 is 5.79 Å². The number of ether oxygens (including phenoxy) is 2. The SMILES string of the molecule is CO[C@]12C=CCC=C1C(=O)c1ccccc1O2. The second-order valence-electron chi connectivity index (χ2n) is 4.05. The van der Waals surface area contributed by atoms with E-state index in [-0.39, 0.29) is 5.78 Å².